The molecule has 1 amide bonds. The molecule has 0 spiro atoms. The van der Waals surface area contributed by atoms with E-state index in [-0.39, 0.29) is 11.7 Å². The van der Waals surface area contributed by atoms with Gasteiger partial charge in [-0.05, 0) is 24.1 Å². The zero-order valence-corrected chi connectivity index (χ0v) is 12.6. The van der Waals surface area contributed by atoms with Gasteiger partial charge in [-0.15, -0.1) is 11.3 Å². The summed E-state index contributed by atoms with van der Waals surface area (Å²) in [5.74, 6) is -0.148. The summed E-state index contributed by atoms with van der Waals surface area (Å²) in [4.78, 5) is 21.3. The number of nitrogens with zero attached hydrogens (tertiary/aromatic N) is 2. The molecule has 2 aromatic rings. The molecule has 2 heterocycles. The third kappa shape index (κ3) is 3.67. The number of aromatic nitrogens is 1. The van der Waals surface area contributed by atoms with Crippen molar-refractivity contribution in [2.45, 2.75) is 12.8 Å². The van der Waals surface area contributed by atoms with E-state index >= 15 is 0 Å². The summed E-state index contributed by atoms with van der Waals surface area (Å²) in [6.07, 6.45) is 3.32. The smallest absolute Gasteiger partial charge is 0.292 e. The van der Waals surface area contributed by atoms with Gasteiger partial charge in [0.15, 0.2) is 11.0 Å². The van der Waals surface area contributed by atoms with Gasteiger partial charge in [-0.25, -0.2) is 9.37 Å². The minimum absolute atomic E-state index is 0.248. The number of benzene rings is 1. The van der Waals surface area contributed by atoms with Crippen molar-refractivity contribution in [3.05, 3.63) is 46.7 Å². The maximum Gasteiger partial charge on any atom is 0.292 e. The number of aliphatic imine (C=N–C) groups is 1. The number of rotatable bonds is 4. The zero-order valence-electron chi connectivity index (χ0n) is 11.8. The Bertz CT molecular complexity index is 696. The fourth-order valence-electron chi connectivity index (χ4n) is 2.09. The summed E-state index contributed by atoms with van der Waals surface area (Å²) in [7, 11) is 0. The molecular weight excluding hydrogens is 303 g/mol. The molecule has 2 N–H and O–H groups in total. The largest absolute Gasteiger partial charge is 0.366 e. The number of thiazole rings is 1. The van der Waals surface area contributed by atoms with Gasteiger partial charge in [0.1, 0.15) is 5.82 Å². The summed E-state index contributed by atoms with van der Waals surface area (Å²) in [5.41, 5.74) is 1.00. The Morgan fingerprint density at radius 2 is 2.18 bits per heavy atom. The maximum absolute atomic E-state index is 12.9. The molecule has 0 radical (unpaired) electrons. The van der Waals surface area contributed by atoms with Gasteiger partial charge in [-0.1, -0.05) is 12.1 Å². The molecule has 3 rings (SSSR count). The van der Waals surface area contributed by atoms with Gasteiger partial charge in [0.05, 0.1) is 0 Å². The van der Waals surface area contributed by atoms with Crippen LogP contribution in [0.5, 0.6) is 0 Å². The molecule has 0 saturated heterocycles. The van der Waals surface area contributed by atoms with Crippen molar-refractivity contribution in [3.8, 4) is 0 Å². The average Bonchev–Trinajstić information content (AvgIpc) is 2.97. The number of anilines is 1. The first-order chi connectivity index (χ1) is 10.7. The molecule has 0 fully saturated rings. The minimum Gasteiger partial charge on any atom is -0.366 e. The van der Waals surface area contributed by atoms with E-state index in [9.17, 15) is 9.18 Å². The van der Waals surface area contributed by atoms with Crippen LogP contribution < -0.4 is 10.6 Å². The Morgan fingerprint density at radius 1 is 1.36 bits per heavy atom. The maximum atomic E-state index is 12.9. The lowest BCUT2D eigenvalue weighted by molar-refractivity contribution is -0.110. The molecule has 22 heavy (non-hydrogen) atoms. The molecule has 0 saturated carbocycles. The molecular formula is C15H15FN4OS. The first kappa shape index (κ1) is 14.6. The fourth-order valence-corrected chi connectivity index (χ4v) is 2.93. The zero-order chi connectivity index (χ0) is 15.4. The van der Waals surface area contributed by atoms with E-state index in [0.717, 1.165) is 23.4 Å². The van der Waals surface area contributed by atoms with Crippen molar-refractivity contribution in [1.29, 1.82) is 0 Å². The van der Waals surface area contributed by atoms with Crippen LogP contribution >= 0.6 is 11.3 Å². The topological polar surface area (TPSA) is 66.4 Å². The molecule has 7 heteroatoms. The Morgan fingerprint density at radius 3 is 2.91 bits per heavy atom. The summed E-state index contributed by atoms with van der Waals surface area (Å²) in [6.45, 7) is 1.43. The molecule has 0 atom stereocenters. The quantitative estimate of drug-likeness (QED) is 0.908. The van der Waals surface area contributed by atoms with Crippen molar-refractivity contribution in [1.82, 2.24) is 10.3 Å². The number of carbonyl (C=O) groups is 1. The third-order valence-corrected chi connectivity index (χ3v) is 4.09. The molecule has 5 nitrogen and oxygen atoms in total. The van der Waals surface area contributed by atoms with E-state index in [4.69, 9.17) is 0 Å². The molecule has 0 aliphatic carbocycles. The SMILES string of the molecule is O=C(Nc1ncc(Cc2ccc(F)cc2)s1)C1=NCCCN1. The molecule has 1 aromatic heterocycles. The number of hydrogen-bond acceptors (Lipinski definition) is 5. The van der Waals surface area contributed by atoms with Crippen LogP contribution in [0.1, 0.15) is 16.9 Å². The highest BCUT2D eigenvalue weighted by Crippen LogP contribution is 2.21. The summed E-state index contributed by atoms with van der Waals surface area (Å²) < 4.78 is 12.9. The molecule has 0 unspecified atom stereocenters. The number of carbonyl (C=O) groups excluding carboxylic acids is 1. The lowest BCUT2D eigenvalue weighted by atomic mass is 10.1. The van der Waals surface area contributed by atoms with Gasteiger partial charge in [0.2, 0.25) is 0 Å². The van der Waals surface area contributed by atoms with E-state index in [1.807, 2.05) is 0 Å². The first-order valence-electron chi connectivity index (χ1n) is 6.99. The second kappa shape index (κ2) is 6.65. The van der Waals surface area contributed by atoms with Crippen LogP contribution in [-0.2, 0) is 11.2 Å². The van der Waals surface area contributed by atoms with Gasteiger partial charge >= 0.3 is 0 Å². The highest BCUT2D eigenvalue weighted by atomic mass is 32.1. The van der Waals surface area contributed by atoms with Crippen molar-refractivity contribution in [3.63, 3.8) is 0 Å². The number of halogens is 1. The molecule has 0 bridgehead atoms. The van der Waals surface area contributed by atoms with Crippen LogP contribution in [0.3, 0.4) is 0 Å². The summed E-state index contributed by atoms with van der Waals surface area (Å²) in [5, 5.41) is 6.25. The predicted octanol–water partition coefficient (Wildman–Crippen LogP) is 2.20. The van der Waals surface area contributed by atoms with Crippen LogP contribution in [0, 0.1) is 5.82 Å². The van der Waals surface area contributed by atoms with Crippen LogP contribution in [-0.4, -0.2) is 29.8 Å². The van der Waals surface area contributed by atoms with Crippen molar-refractivity contribution >= 4 is 28.2 Å². The van der Waals surface area contributed by atoms with Crippen molar-refractivity contribution in [2.75, 3.05) is 18.4 Å². The number of amides is 1. The Kier molecular flexibility index (Phi) is 4.43. The number of amidine groups is 1. The van der Waals surface area contributed by atoms with Gasteiger partial charge in [0, 0.05) is 30.6 Å². The van der Waals surface area contributed by atoms with E-state index in [1.54, 1.807) is 18.3 Å². The third-order valence-electron chi connectivity index (χ3n) is 3.18. The van der Waals surface area contributed by atoms with E-state index in [1.165, 1.54) is 23.5 Å². The highest BCUT2D eigenvalue weighted by Gasteiger charge is 2.15. The normalized spacial score (nSPS) is 14.1. The number of hydrogen-bond donors (Lipinski definition) is 2. The second-order valence-corrected chi connectivity index (χ2v) is 6.01. The molecule has 1 aliphatic heterocycles. The van der Waals surface area contributed by atoms with E-state index in [0.29, 0.717) is 23.9 Å². The lowest BCUT2D eigenvalue weighted by Crippen LogP contribution is -2.39. The number of nitrogens with one attached hydrogen (secondary N) is 2. The van der Waals surface area contributed by atoms with Crippen LogP contribution in [0.15, 0.2) is 35.5 Å². The Balaban J connectivity index is 1.62. The minimum atomic E-state index is -0.262. The van der Waals surface area contributed by atoms with Crippen LogP contribution in [0.25, 0.3) is 0 Å². The Hall–Kier alpha value is -2.28. The van der Waals surface area contributed by atoms with Crippen LogP contribution in [0.4, 0.5) is 9.52 Å². The molecule has 1 aromatic carbocycles. The predicted molar refractivity (Wildman–Crippen MR) is 84.9 cm³/mol. The van der Waals surface area contributed by atoms with Gasteiger partial charge in [-0.2, -0.15) is 0 Å². The molecule has 114 valence electrons. The fraction of sp³-hybridized carbons (Fsp3) is 0.267. The monoisotopic (exact) mass is 318 g/mol. The van der Waals surface area contributed by atoms with E-state index in [2.05, 4.69) is 20.6 Å². The first-order valence-corrected chi connectivity index (χ1v) is 7.81. The second-order valence-electron chi connectivity index (χ2n) is 4.90. The van der Waals surface area contributed by atoms with Crippen molar-refractivity contribution in [2.24, 2.45) is 4.99 Å². The van der Waals surface area contributed by atoms with Gasteiger partial charge in [0.25, 0.3) is 5.91 Å². The average molecular weight is 318 g/mol. The summed E-state index contributed by atoms with van der Waals surface area (Å²) >= 11 is 1.40. The standard InChI is InChI=1S/C15H15FN4OS/c16-11-4-2-10(3-5-11)8-12-9-19-15(22-12)20-14(21)13-17-6-1-7-18-13/h2-5,9H,1,6-8H2,(H,17,18)(H,19,20,21). The van der Waals surface area contributed by atoms with Gasteiger partial charge in [-0.3, -0.25) is 15.1 Å². The van der Waals surface area contributed by atoms with Gasteiger partial charge < -0.3 is 5.32 Å². The Labute approximate surface area is 131 Å². The molecule has 1 aliphatic rings. The van der Waals surface area contributed by atoms with Crippen LogP contribution in [0.2, 0.25) is 0 Å². The lowest BCUT2D eigenvalue weighted by Gasteiger charge is -2.12. The van der Waals surface area contributed by atoms with Crippen molar-refractivity contribution < 1.29 is 9.18 Å². The highest BCUT2D eigenvalue weighted by molar-refractivity contribution is 7.15. The van der Waals surface area contributed by atoms with E-state index < -0.39 is 0 Å². The summed E-state index contributed by atoms with van der Waals surface area (Å²) in [6, 6.07) is 6.36.